The van der Waals surface area contributed by atoms with Crippen LogP contribution in [-0.4, -0.2) is 46.2 Å². The Morgan fingerprint density at radius 2 is 2.04 bits per heavy atom. The molecule has 26 heavy (non-hydrogen) atoms. The van der Waals surface area contributed by atoms with Crippen LogP contribution in [0.5, 0.6) is 0 Å². The van der Waals surface area contributed by atoms with E-state index in [0.717, 1.165) is 9.78 Å². The lowest BCUT2D eigenvalue weighted by molar-refractivity contribution is -0.186. The van der Waals surface area contributed by atoms with Gasteiger partial charge in [0.2, 0.25) is 11.8 Å². The van der Waals surface area contributed by atoms with Gasteiger partial charge in [-0.25, -0.2) is 0 Å². The molecule has 2 aromatic rings. The minimum atomic E-state index is -4.88. The van der Waals surface area contributed by atoms with Crippen LogP contribution in [0.4, 0.5) is 13.2 Å². The number of hydrogen-bond acceptors (Lipinski definition) is 6. The van der Waals surface area contributed by atoms with E-state index in [1.807, 2.05) is 17.5 Å². The van der Waals surface area contributed by atoms with E-state index in [-0.39, 0.29) is 44.3 Å². The molecule has 0 saturated carbocycles. The standard InChI is InChI=1S/C15H15F3N4O3S/c16-15(17,18)14(24)22-5-3-9(4-6-22)12(23)19-8-11-20-21-13(25-11)10-2-1-7-26-10/h1-2,7,9H,3-6,8H2,(H,19,23). The predicted molar refractivity (Wildman–Crippen MR) is 84.8 cm³/mol. The highest BCUT2D eigenvalue weighted by molar-refractivity contribution is 7.13. The summed E-state index contributed by atoms with van der Waals surface area (Å²) in [5.74, 6) is -2.01. The molecule has 0 aromatic carbocycles. The van der Waals surface area contributed by atoms with E-state index in [2.05, 4.69) is 15.5 Å². The van der Waals surface area contributed by atoms with Gasteiger partial charge >= 0.3 is 12.1 Å². The third-order valence-corrected chi connectivity index (χ3v) is 4.87. The molecule has 0 radical (unpaired) electrons. The predicted octanol–water partition coefficient (Wildman–Crippen LogP) is 2.22. The Labute approximate surface area is 150 Å². The second-order valence-electron chi connectivity index (χ2n) is 5.76. The fourth-order valence-electron chi connectivity index (χ4n) is 2.66. The quantitative estimate of drug-likeness (QED) is 0.868. The highest BCUT2D eigenvalue weighted by Gasteiger charge is 2.43. The molecule has 0 spiro atoms. The van der Waals surface area contributed by atoms with Gasteiger partial charge in [-0.3, -0.25) is 9.59 Å². The second-order valence-corrected chi connectivity index (χ2v) is 6.71. The summed E-state index contributed by atoms with van der Waals surface area (Å²) in [6.45, 7) is -0.155. The van der Waals surface area contributed by atoms with Crippen LogP contribution < -0.4 is 5.32 Å². The molecule has 0 aliphatic carbocycles. The van der Waals surface area contributed by atoms with E-state index in [4.69, 9.17) is 4.42 Å². The fraction of sp³-hybridized carbons (Fsp3) is 0.467. The van der Waals surface area contributed by atoms with Crippen molar-refractivity contribution in [3.05, 3.63) is 23.4 Å². The van der Waals surface area contributed by atoms with Crippen molar-refractivity contribution in [2.24, 2.45) is 5.92 Å². The molecule has 1 fully saturated rings. The van der Waals surface area contributed by atoms with Crippen LogP contribution in [0.25, 0.3) is 10.8 Å². The molecule has 0 bridgehead atoms. The fourth-order valence-corrected chi connectivity index (χ4v) is 3.30. The Hall–Kier alpha value is -2.43. The summed E-state index contributed by atoms with van der Waals surface area (Å²) in [4.78, 5) is 24.9. The molecule has 0 atom stereocenters. The number of alkyl halides is 3. The maximum Gasteiger partial charge on any atom is 0.471 e. The normalized spacial score (nSPS) is 15.9. The molecule has 1 aliphatic heterocycles. The van der Waals surface area contributed by atoms with E-state index in [1.54, 1.807) is 0 Å². The number of rotatable bonds is 4. The zero-order chi connectivity index (χ0) is 18.7. The molecule has 3 rings (SSSR count). The number of nitrogens with one attached hydrogen (secondary N) is 1. The summed E-state index contributed by atoms with van der Waals surface area (Å²) < 4.78 is 42.7. The number of hydrogen-bond donors (Lipinski definition) is 1. The number of nitrogens with zero attached hydrogens (tertiary/aromatic N) is 3. The smallest absolute Gasteiger partial charge is 0.418 e. The van der Waals surface area contributed by atoms with E-state index in [1.165, 1.54) is 11.3 Å². The number of amides is 2. The highest BCUT2D eigenvalue weighted by atomic mass is 32.1. The topological polar surface area (TPSA) is 88.3 Å². The third kappa shape index (κ3) is 4.21. The van der Waals surface area contributed by atoms with Gasteiger partial charge in [-0.15, -0.1) is 21.5 Å². The average Bonchev–Trinajstić information content (AvgIpc) is 3.29. The van der Waals surface area contributed by atoms with Crippen LogP contribution in [0.2, 0.25) is 0 Å². The molecule has 7 nitrogen and oxygen atoms in total. The molecule has 0 unspecified atom stereocenters. The van der Waals surface area contributed by atoms with Crippen LogP contribution in [0.1, 0.15) is 18.7 Å². The van der Waals surface area contributed by atoms with Gasteiger partial charge in [-0.1, -0.05) is 6.07 Å². The van der Waals surface area contributed by atoms with Crippen molar-refractivity contribution in [1.82, 2.24) is 20.4 Å². The van der Waals surface area contributed by atoms with Gasteiger partial charge in [-0.2, -0.15) is 13.2 Å². The van der Waals surface area contributed by atoms with Gasteiger partial charge in [0.15, 0.2) is 0 Å². The number of carbonyl (C=O) groups excluding carboxylic acids is 2. The van der Waals surface area contributed by atoms with Crippen molar-refractivity contribution in [3.63, 3.8) is 0 Å². The molecule has 3 heterocycles. The van der Waals surface area contributed by atoms with Crippen LogP contribution in [0.3, 0.4) is 0 Å². The number of likely N-dealkylation sites (tertiary alicyclic amines) is 1. The van der Waals surface area contributed by atoms with Crippen LogP contribution in [-0.2, 0) is 16.1 Å². The molecule has 140 valence electrons. The first kappa shape index (κ1) is 18.4. The summed E-state index contributed by atoms with van der Waals surface area (Å²) in [5.41, 5.74) is 0. The summed E-state index contributed by atoms with van der Waals surface area (Å²) in [5, 5.41) is 12.3. The van der Waals surface area contributed by atoms with Crippen molar-refractivity contribution >= 4 is 23.2 Å². The number of aromatic nitrogens is 2. The number of halogens is 3. The van der Waals surface area contributed by atoms with Crippen LogP contribution in [0, 0.1) is 5.92 Å². The maximum atomic E-state index is 12.4. The Morgan fingerprint density at radius 3 is 2.65 bits per heavy atom. The first-order chi connectivity index (χ1) is 12.3. The van der Waals surface area contributed by atoms with Crippen LogP contribution in [0.15, 0.2) is 21.9 Å². The maximum absolute atomic E-state index is 12.4. The first-order valence-corrected chi connectivity index (χ1v) is 8.72. The van der Waals surface area contributed by atoms with E-state index < -0.39 is 18.0 Å². The minimum absolute atomic E-state index is 0.0406. The largest absolute Gasteiger partial charge is 0.471 e. The van der Waals surface area contributed by atoms with Crippen molar-refractivity contribution in [2.75, 3.05) is 13.1 Å². The molecule has 1 saturated heterocycles. The minimum Gasteiger partial charge on any atom is -0.418 e. The van der Waals surface area contributed by atoms with Gasteiger partial charge in [-0.05, 0) is 24.3 Å². The average molecular weight is 388 g/mol. The first-order valence-electron chi connectivity index (χ1n) is 7.84. The van der Waals surface area contributed by atoms with E-state index in [0.29, 0.717) is 5.89 Å². The zero-order valence-electron chi connectivity index (χ0n) is 13.5. The highest BCUT2D eigenvalue weighted by Crippen LogP contribution is 2.25. The molecule has 11 heteroatoms. The van der Waals surface area contributed by atoms with Crippen molar-refractivity contribution in [2.45, 2.75) is 25.6 Å². The lowest BCUT2D eigenvalue weighted by Crippen LogP contribution is -2.47. The molecule has 2 amide bonds. The number of thiophene rings is 1. The summed E-state index contributed by atoms with van der Waals surface area (Å²) in [6.07, 6.45) is -4.52. The van der Waals surface area contributed by atoms with Gasteiger partial charge in [0.25, 0.3) is 5.89 Å². The van der Waals surface area contributed by atoms with Gasteiger partial charge < -0.3 is 14.6 Å². The SMILES string of the molecule is O=C(NCc1nnc(-c2cccs2)o1)C1CCN(C(=O)C(F)(F)F)CC1. The van der Waals surface area contributed by atoms with Crippen molar-refractivity contribution < 1.29 is 27.2 Å². The molecule has 1 aliphatic rings. The van der Waals surface area contributed by atoms with E-state index >= 15 is 0 Å². The summed E-state index contributed by atoms with van der Waals surface area (Å²) in [6, 6.07) is 3.68. The lowest BCUT2D eigenvalue weighted by atomic mass is 9.96. The van der Waals surface area contributed by atoms with Crippen molar-refractivity contribution in [3.8, 4) is 10.8 Å². The summed E-state index contributed by atoms with van der Waals surface area (Å²) in [7, 11) is 0. The monoisotopic (exact) mass is 388 g/mol. The molecular formula is C15H15F3N4O3S. The van der Waals surface area contributed by atoms with Gasteiger partial charge in [0.1, 0.15) is 0 Å². The van der Waals surface area contributed by atoms with Gasteiger partial charge in [0, 0.05) is 19.0 Å². The lowest BCUT2D eigenvalue weighted by Gasteiger charge is -2.31. The third-order valence-electron chi connectivity index (χ3n) is 4.01. The Bertz CT molecular complexity index is 767. The molecular weight excluding hydrogens is 373 g/mol. The Kier molecular flexibility index (Phi) is 5.25. The van der Waals surface area contributed by atoms with E-state index in [9.17, 15) is 22.8 Å². The Balaban J connectivity index is 1.47. The van der Waals surface area contributed by atoms with Crippen LogP contribution >= 0.6 is 11.3 Å². The second kappa shape index (κ2) is 7.44. The summed E-state index contributed by atoms with van der Waals surface area (Å²) >= 11 is 1.44. The Morgan fingerprint density at radius 1 is 1.31 bits per heavy atom. The number of carbonyl (C=O) groups is 2. The van der Waals surface area contributed by atoms with Crippen molar-refractivity contribution in [1.29, 1.82) is 0 Å². The molecule has 1 N–H and O–H groups in total. The van der Waals surface area contributed by atoms with Gasteiger partial charge in [0.05, 0.1) is 11.4 Å². The zero-order valence-corrected chi connectivity index (χ0v) is 14.3. The number of piperidine rings is 1. The molecule has 2 aromatic heterocycles.